The van der Waals surface area contributed by atoms with Crippen molar-refractivity contribution < 1.29 is 18.0 Å². The predicted molar refractivity (Wildman–Crippen MR) is 127 cm³/mol. The topological polar surface area (TPSA) is 99.7 Å². The van der Waals surface area contributed by atoms with Gasteiger partial charge in [0.15, 0.2) is 0 Å². The number of rotatable bonds is 5. The van der Waals surface area contributed by atoms with E-state index >= 15 is 0 Å². The molecule has 4 rings (SSSR count). The van der Waals surface area contributed by atoms with Crippen molar-refractivity contribution in [3.63, 3.8) is 0 Å². The smallest absolute Gasteiger partial charge is 0.255 e. The van der Waals surface area contributed by atoms with Gasteiger partial charge in [-0.15, -0.1) is 0 Å². The second kappa shape index (κ2) is 9.82. The summed E-state index contributed by atoms with van der Waals surface area (Å²) in [5.41, 5.74) is 1.30. The summed E-state index contributed by atoms with van der Waals surface area (Å²) in [6.45, 7) is 0.887. The van der Waals surface area contributed by atoms with Crippen LogP contribution in [0.4, 0.5) is 5.69 Å². The van der Waals surface area contributed by atoms with Crippen LogP contribution >= 0.6 is 15.9 Å². The number of hydrogen-bond acceptors (Lipinski definition) is 5. The van der Waals surface area contributed by atoms with Crippen molar-refractivity contribution in [3.05, 3.63) is 88.7 Å². The van der Waals surface area contributed by atoms with Crippen molar-refractivity contribution in [1.29, 1.82) is 0 Å². The molecule has 1 aromatic heterocycles. The van der Waals surface area contributed by atoms with Crippen LogP contribution in [0.5, 0.6) is 0 Å². The molecule has 1 aliphatic rings. The Morgan fingerprint density at radius 2 is 1.64 bits per heavy atom. The molecule has 2 amide bonds. The first kappa shape index (κ1) is 23.1. The number of hydrogen-bond donors (Lipinski definition) is 1. The van der Waals surface area contributed by atoms with Crippen LogP contribution in [-0.4, -0.2) is 60.6 Å². The van der Waals surface area contributed by atoms with Gasteiger partial charge in [-0.2, -0.15) is 4.31 Å². The third kappa shape index (κ3) is 5.29. The molecule has 0 saturated carbocycles. The van der Waals surface area contributed by atoms with Crippen LogP contribution in [0.15, 0.2) is 82.4 Å². The number of amides is 2. The fourth-order valence-electron chi connectivity index (χ4n) is 3.52. The highest BCUT2D eigenvalue weighted by molar-refractivity contribution is 9.10. The predicted octanol–water partition coefficient (Wildman–Crippen LogP) is 3.24. The fraction of sp³-hybridized carbons (Fsp3) is 0.174. The van der Waals surface area contributed by atoms with Gasteiger partial charge in [0.05, 0.1) is 10.5 Å². The molecule has 0 aliphatic carbocycles. The maximum absolute atomic E-state index is 13.2. The number of aromatic nitrogens is 1. The van der Waals surface area contributed by atoms with E-state index in [0.29, 0.717) is 11.3 Å². The van der Waals surface area contributed by atoms with Gasteiger partial charge in [0.1, 0.15) is 0 Å². The molecule has 3 aromatic rings. The van der Waals surface area contributed by atoms with Crippen LogP contribution in [0.1, 0.15) is 20.7 Å². The highest BCUT2D eigenvalue weighted by Gasteiger charge is 2.31. The van der Waals surface area contributed by atoms with Gasteiger partial charge in [-0.1, -0.05) is 28.1 Å². The lowest BCUT2D eigenvalue weighted by Crippen LogP contribution is -2.50. The molecule has 1 fully saturated rings. The first-order valence-corrected chi connectivity index (χ1v) is 12.4. The van der Waals surface area contributed by atoms with Crippen molar-refractivity contribution in [2.24, 2.45) is 0 Å². The quantitative estimate of drug-likeness (QED) is 0.547. The van der Waals surface area contributed by atoms with E-state index in [4.69, 9.17) is 0 Å². The normalized spacial score (nSPS) is 14.6. The highest BCUT2D eigenvalue weighted by Crippen LogP contribution is 2.21. The van der Waals surface area contributed by atoms with Gasteiger partial charge in [-0.05, 0) is 48.5 Å². The summed E-state index contributed by atoms with van der Waals surface area (Å²) in [6.07, 6.45) is 3.09. The van der Waals surface area contributed by atoms with Gasteiger partial charge in [0.25, 0.3) is 11.8 Å². The van der Waals surface area contributed by atoms with Gasteiger partial charge in [0.2, 0.25) is 10.0 Å². The molecule has 2 aromatic carbocycles. The molecule has 0 radical (unpaired) electrons. The number of pyridine rings is 1. The second-order valence-electron chi connectivity index (χ2n) is 7.43. The number of halogens is 1. The largest absolute Gasteiger partial charge is 0.336 e. The second-order valence-corrected chi connectivity index (χ2v) is 10.3. The Labute approximate surface area is 200 Å². The van der Waals surface area contributed by atoms with Crippen LogP contribution in [-0.2, 0) is 10.0 Å². The summed E-state index contributed by atoms with van der Waals surface area (Å²) in [5.74, 6) is -0.580. The number of anilines is 1. The van der Waals surface area contributed by atoms with E-state index < -0.39 is 15.9 Å². The van der Waals surface area contributed by atoms with Gasteiger partial charge in [-0.25, -0.2) is 8.42 Å². The standard InChI is InChI=1S/C23H21BrN4O4S/c24-19-6-2-7-20(15-19)26-22(29)17-4-1-8-21(14-17)33(31,32)28-12-10-27(11-13-28)23(30)18-5-3-9-25-16-18/h1-9,14-16H,10-13H2,(H,26,29). The van der Waals surface area contributed by atoms with E-state index in [1.165, 1.54) is 22.6 Å². The lowest BCUT2D eigenvalue weighted by Gasteiger charge is -2.34. The first-order valence-electron chi connectivity index (χ1n) is 10.2. The van der Waals surface area contributed by atoms with Crippen molar-refractivity contribution in [3.8, 4) is 0 Å². The minimum atomic E-state index is -3.82. The van der Waals surface area contributed by atoms with Gasteiger partial charge in [0, 0.05) is 54.3 Å². The lowest BCUT2D eigenvalue weighted by atomic mass is 10.2. The number of carbonyl (C=O) groups is 2. The minimum Gasteiger partial charge on any atom is -0.336 e. The monoisotopic (exact) mass is 528 g/mol. The van der Waals surface area contributed by atoms with E-state index in [1.54, 1.807) is 53.6 Å². The molecule has 170 valence electrons. The molecular weight excluding hydrogens is 508 g/mol. The third-order valence-electron chi connectivity index (χ3n) is 5.25. The number of sulfonamides is 1. The van der Waals surface area contributed by atoms with Gasteiger partial charge in [-0.3, -0.25) is 14.6 Å². The van der Waals surface area contributed by atoms with E-state index in [9.17, 15) is 18.0 Å². The van der Waals surface area contributed by atoms with Crippen LogP contribution in [0, 0.1) is 0 Å². The van der Waals surface area contributed by atoms with Crippen molar-refractivity contribution >= 4 is 43.5 Å². The molecule has 0 atom stereocenters. The zero-order valence-corrected chi connectivity index (χ0v) is 19.9. The SMILES string of the molecule is O=C(Nc1cccc(Br)c1)c1cccc(S(=O)(=O)N2CCN(C(=O)c3cccnc3)CC2)c1. The zero-order chi connectivity index (χ0) is 23.4. The van der Waals surface area contributed by atoms with Crippen molar-refractivity contribution in [2.45, 2.75) is 4.90 Å². The number of nitrogens with zero attached hydrogens (tertiary/aromatic N) is 3. The van der Waals surface area contributed by atoms with Crippen LogP contribution in [0.2, 0.25) is 0 Å². The Morgan fingerprint density at radius 1 is 0.909 bits per heavy atom. The molecule has 8 nitrogen and oxygen atoms in total. The Balaban J connectivity index is 1.45. The molecule has 0 spiro atoms. The minimum absolute atomic E-state index is 0.0384. The fourth-order valence-corrected chi connectivity index (χ4v) is 5.39. The summed E-state index contributed by atoms with van der Waals surface area (Å²) < 4.78 is 28.5. The van der Waals surface area contributed by atoms with Gasteiger partial charge >= 0.3 is 0 Å². The highest BCUT2D eigenvalue weighted by atomic mass is 79.9. The molecule has 0 bridgehead atoms. The Kier molecular flexibility index (Phi) is 6.87. The number of piperazine rings is 1. The molecule has 0 unspecified atom stereocenters. The number of benzene rings is 2. The molecule has 1 aliphatic heterocycles. The Morgan fingerprint density at radius 3 is 2.33 bits per heavy atom. The Hall–Kier alpha value is -3.08. The van der Waals surface area contributed by atoms with E-state index in [-0.39, 0.29) is 42.5 Å². The molecule has 10 heteroatoms. The zero-order valence-electron chi connectivity index (χ0n) is 17.5. The maximum atomic E-state index is 13.2. The summed E-state index contributed by atoms with van der Waals surface area (Å²) in [4.78, 5) is 30.8. The van der Waals surface area contributed by atoms with E-state index in [2.05, 4.69) is 26.2 Å². The van der Waals surface area contributed by atoms with Crippen LogP contribution < -0.4 is 5.32 Å². The van der Waals surface area contributed by atoms with Crippen LogP contribution in [0.3, 0.4) is 0 Å². The van der Waals surface area contributed by atoms with E-state index in [0.717, 1.165) is 4.47 Å². The summed E-state index contributed by atoms with van der Waals surface area (Å²) in [6, 6.07) is 16.5. The number of nitrogens with one attached hydrogen (secondary N) is 1. The number of carbonyl (C=O) groups excluding carboxylic acids is 2. The lowest BCUT2D eigenvalue weighted by molar-refractivity contribution is 0.0697. The van der Waals surface area contributed by atoms with Crippen molar-refractivity contribution in [1.82, 2.24) is 14.2 Å². The molecule has 1 saturated heterocycles. The first-order chi connectivity index (χ1) is 15.8. The third-order valence-corrected chi connectivity index (χ3v) is 7.64. The van der Waals surface area contributed by atoms with Gasteiger partial charge < -0.3 is 10.2 Å². The van der Waals surface area contributed by atoms with E-state index in [1.807, 2.05) is 6.07 Å². The summed E-state index contributed by atoms with van der Waals surface area (Å²) >= 11 is 3.35. The summed E-state index contributed by atoms with van der Waals surface area (Å²) in [7, 11) is -3.82. The molecule has 1 N–H and O–H groups in total. The molecule has 33 heavy (non-hydrogen) atoms. The van der Waals surface area contributed by atoms with Crippen LogP contribution in [0.25, 0.3) is 0 Å². The van der Waals surface area contributed by atoms with Crippen molar-refractivity contribution in [2.75, 3.05) is 31.5 Å². The summed E-state index contributed by atoms with van der Waals surface area (Å²) in [5, 5.41) is 2.76. The molecule has 2 heterocycles. The average molecular weight is 529 g/mol. The molecular formula is C23H21BrN4O4S. The Bertz CT molecular complexity index is 1280. The maximum Gasteiger partial charge on any atom is 0.255 e. The average Bonchev–Trinajstić information content (AvgIpc) is 2.84.